The fraction of sp³-hybridized carbons (Fsp3) is 0.529. The van der Waals surface area contributed by atoms with E-state index >= 15 is 0 Å². The third-order valence-corrected chi connectivity index (χ3v) is 4.71. The largest absolute Gasteiger partial charge is 0.493 e. The first-order valence-corrected chi connectivity index (χ1v) is 7.77. The SMILES string of the molecule is CCOc1cc(F)ccc1C(=O)N1CC2(CC(C(=O)OC)C2)C1. The van der Waals surface area contributed by atoms with E-state index in [0.29, 0.717) is 25.3 Å². The van der Waals surface area contributed by atoms with E-state index in [-0.39, 0.29) is 29.0 Å². The van der Waals surface area contributed by atoms with Crippen molar-refractivity contribution >= 4 is 11.9 Å². The minimum absolute atomic E-state index is 0.0398. The summed E-state index contributed by atoms with van der Waals surface area (Å²) in [6.07, 6.45) is 1.54. The Morgan fingerprint density at radius 1 is 1.35 bits per heavy atom. The molecule has 23 heavy (non-hydrogen) atoms. The van der Waals surface area contributed by atoms with Crippen molar-refractivity contribution in [3.63, 3.8) is 0 Å². The number of esters is 1. The molecule has 0 atom stereocenters. The molecule has 1 aromatic carbocycles. The predicted octanol–water partition coefficient (Wildman–Crippen LogP) is 2.25. The first-order valence-electron chi connectivity index (χ1n) is 7.77. The first kappa shape index (κ1) is 15.8. The van der Waals surface area contributed by atoms with Crippen LogP contribution >= 0.6 is 0 Å². The topological polar surface area (TPSA) is 55.8 Å². The van der Waals surface area contributed by atoms with Crippen molar-refractivity contribution in [2.24, 2.45) is 11.3 Å². The van der Waals surface area contributed by atoms with Crippen molar-refractivity contribution < 1.29 is 23.5 Å². The number of rotatable bonds is 4. The zero-order valence-electron chi connectivity index (χ0n) is 13.3. The van der Waals surface area contributed by atoms with Gasteiger partial charge in [0, 0.05) is 24.6 Å². The number of halogens is 1. The number of methoxy groups -OCH3 is 1. The molecule has 1 saturated heterocycles. The third-order valence-electron chi connectivity index (χ3n) is 4.71. The maximum absolute atomic E-state index is 13.3. The number of ether oxygens (including phenoxy) is 2. The highest BCUT2D eigenvalue weighted by Gasteiger charge is 2.56. The summed E-state index contributed by atoms with van der Waals surface area (Å²) < 4.78 is 23.4. The lowest BCUT2D eigenvalue weighted by atomic mass is 9.57. The summed E-state index contributed by atoms with van der Waals surface area (Å²) in [5.74, 6) is -0.510. The number of amides is 1. The summed E-state index contributed by atoms with van der Waals surface area (Å²) in [7, 11) is 1.40. The highest BCUT2D eigenvalue weighted by Crippen LogP contribution is 2.52. The van der Waals surface area contributed by atoms with Gasteiger partial charge in [-0.05, 0) is 31.9 Å². The third kappa shape index (κ3) is 2.78. The zero-order valence-corrected chi connectivity index (χ0v) is 13.3. The summed E-state index contributed by atoms with van der Waals surface area (Å²) >= 11 is 0. The molecular weight excluding hydrogens is 301 g/mol. The van der Waals surface area contributed by atoms with E-state index in [0.717, 1.165) is 12.8 Å². The maximum Gasteiger partial charge on any atom is 0.308 e. The second kappa shape index (κ2) is 5.83. The van der Waals surface area contributed by atoms with Gasteiger partial charge >= 0.3 is 5.97 Å². The number of carbonyl (C=O) groups is 2. The molecule has 1 aromatic rings. The van der Waals surface area contributed by atoms with Crippen LogP contribution in [0.3, 0.4) is 0 Å². The van der Waals surface area contributed by atoms with Gasteiger partial charge in [-0.15, -0.1) is 0 Å². The fourth-order valence-corrected chi connectivity index (χ4v) is 3.60. The minimum atomic E-state index is -0.426. The van der Waals surface area contributed by atoms with Crippen molar-refractivity contribution in [3.05, 3.63) is 29.6 Å². The molecule has 0 aromatic heterocycles. The number of hydrogen-bond donors (Lipinski definition) is 0. The molecule has 1 aliphatic heterocycles. The molecule has 1 saturated carbocycles. The van der Waals surface area contributed by atoms with E-state index in [1.165, 1.54) is 25.3 Å². The minimum Gasteiger partial charge on any atom is -0.493 e. The van der Waals surface area contributed by atoms with E-state index in [1.807, 2.05) is 0 Å². The molecule has 0 radical (unpaired) electrons. The molecule has 2 aliphatic rings. The van der Waals surface area contributed by atoms with Gasteiger partial charge < -0.3 is 14.4 Å². The molecule has 5 nitrogen and oxygen atoms in total. The van der Waals surface area contributed by atoms with Crippen molar-refractivity contribution in [2.45, 2.75) is 19.8 Å². The van der Waals surface area contributed by atoms with Gasteiger partial charge in [-0.3, -0.25) is 9.59 Å². The van der Waals surface area contributed by atoms with Gasteiger partial charge in [-0.25, -0.2) is 4.39 Å². The normalized spacial score (nSPS) is 19.0. The van der Waals surface area contributed by atoms with Crippen LogP contribution in [0.2, 0.25) is 0 Å². The average Bonchev–Trinajstić information content (AvgIpc) is 2.44. The van der Waals surface area contributed by atoms with E-state index in [2.05, 4.69) is 0 Å². The van der Waals surface area contributed by atoms with Gasteiger partial charge in [-0.1, -0.05) is 0 Å². The number of benzene rings is 1. The monoisotopic (exact) mass is 321 g/mol. The predicted molar refractivity (Wildman–Crippen MR) is 80.6 cm³/mol. The lowest BCUT2D eigenvalue weighted by Gasteiger charge is -2.58. The Balaban J connectivity index is 1.63. The van der Waals surface area contributed by atoms with Crippen LogP contribution in [0, 0.1) is 17.2 Å². The molecular formula is C17H20FNO4. The Morgan fingerprint density at radius 3 is 2.65 bits per heavy atom. The van der Waals surface area contributed by atoms with E-state index in [4.69, 9.17) is 9.47 Å². The molecule has 6 heteroatoms. The Morgan fingerprint density at radius 2 is 2.04 bits per heavy atom. The number of nitrogens with zero attached hydrogens (tertiary/aromatic N) is 1. The summed E-state index contributed by atoms with van der Waals surface area (Å²) in [5.41, 5.74) is 0.437. The van der Waals surface area contributed by atoms with Gasteiger partial charge in [0.1, 0.15) is 11.6 Å². The molecule has 1 heterocycles. The Hall–Kier alpha value is -2.11. The molecule has 2 fully saturated rings. The van der Waals surface area contributed by atoms with Crippen LogP contribution in [0.1, 0.15) is 30.1 Å². The quantitative estimate of drug-likeness (QED) is 0.798. The van der Waals surface area contributed by atoms with Crippen molar-refractivity contribution in [3.8, 4) is 5.75 Å². The summed E-state index contributed by atoms with van der Waals surface area (Å²) in [5, 5.41) is 0. The first-order chi connectivity index (χ1) is 11.0. The lowest BCUT2D eigenvalue weighted by molar-refractivity contribution is -0.161. The highest BCUT2D eigenvalue weighted by molar-refractivity contribution is 5.97. The van der Waals surface area contributed by atoms with E-state index < -0.39 is 5.82 Å². The summed E-state index contributed by atoms with van der Waals surface area (Å²) in [6, 6.07) is 3.97. The zero-order chi connectivity index (χ0) is 16.6. The van der Waals surface area contributed by atoms with Crippen molar-refractivity contribution in [1.82, 2.24) is 4.90 Å². The van der Waals surface area contributed by atoms with E-state index in [1.54, 1.807) is 11.8 Å². The van der Waals surface area contributed by atoms with Gasteiger partial charge in [-0.2, -0.15) is 0 Å². The van der Waals surface area contributed by atoms with Crippen LogP contribution in [0.25, 0.3) is 0 Å². The van der Waals surface area contributed by atoms with E-state index in [9.17, 15) is 14.0 Å². The lowest BCUT2D eigenvalue weighted by Crippen LogP contribution is -2.64. The Kier molecular flexibility index (Phi) is 4.00. The van der Waals surface area contributed by atoms with Gasteiger partial charge in [0.05, 0.1) is 25.2 Å². The second-order valence-corrected chi connectivity index (χ2v) is 6.36. The smallest absolute Gasteiger partial charge is 0.308 e. The highest BCUT2D eigenvalue weighted by atomic mass is 19.1. The van der Waals surface area contributed by atoms with Crippen molar-refractivity contribution in [2.75, 3.05) is 26.8 Å². The maximum atomic E-state index is 13.3. The average molecular weight is 321 g/mol. The van der Waals surface area contributed by atoms with Gasteiger partial charge in [0.15, 0.2) is 0 Å². The Labute approximate surface area is 134 Å². The van der Waals surface area contributed by atoms with Crippen LogP contribution in [0.5, 0.6) is 5.75 Å². The van der Waals surface area contributed by atoms with Gasteiger partial charge in [0.2, 0.25) is 0 Å². The second-order valence-electron chi connectivity index (χ2n) is 6.36. The van der Waals surface area contributed by atoms with Crippen LogP contribution < -0.4 is 4.74 Å². The number of likely N-dealkylation sites (tertiary alicyclic amines) is 1. The fourth-order valence-electron chi connectivity index (χ4n) is 3.60. The molecule has 3 rings (SSSR count). The summed E-state index contributed by atoms with van der Waals surface area (Å²) in [6.45, 7) is 3.41. The van der Waals surface area contributed by atoms with Crippen molar-refractivity contribution in [1.29, 1.82) is 0 Å². The Bertz CT molecular complexity index is 631. The molecule has 1 spiro atoms. The van der Waals surface area contributed by atoms with Crippen LogP contribution in [0.4, 0.5) is 4.39 Å². The van der Waals surface area contributed by atoms with Crippen LogP contribution in [-0.4, -0.2) is 43.6 Å². The molecule has 0 N–H and O–H groups in total. The standard InChI is InChI=1S/C17H20FNO4/c1-3-23-14-6-12(18)4-5-13(14)15(20)19-9-17(10-19)7-11(8-17)16(21)22-2/h4-6,11H,3,7-10H2,1-2H3. The van der Waals surface area contributed by atoms with Crippen LogP contribution in [0.15, 0.2) is 18.2 Å². The number of hydrogen-bond acceptors (Lipinski definition) is 4. The molecule has 0 bridgehead atoms. The molecule has 1 aliphatic carbocycles. The van der Waals surface area contributed by atoms with Crippen LogP contribution in [-0.2, 0) is 9.53 Å². The molecule has 0 unspecified atom stereocenters. The molecule has 1 amide bonds. The molecule has 124 valence electrons. The summed E-state index contributed by atoms with van der Waals surface area (Å²) in [4.78, 5) is 25.7. The number of carbonyl (C=O) groups excluding carboxylic acids is 2. The van der Waals surface area contributed by atoms with Gasteiger partial charge in [0.25, 0.3) is 5.91 Å².